The fraction of sp³-hybridized carbons (Fsp3) is 0.462. The molecule has 0 radical (unpaired) electrons. The van der Waals surface area contributed by atoms with Crippen LogP contribution in [-0.2, 0) is 27.2 Å². The Bertz CT molecular complexity index is 1110. The van der Waals surface area contributed by atoms with Gasteiger partial charge in [0.1, 0.15) is 0 Å². The van der Waals surface area contributed by atoms with E-state index in [1.54, 1.807) is 55.4 Å². The number of rotatable bonds is 12. The summed E-state index contributed by atoms with van der Waals surface area (Å²) < 4.78 is 81.1. The second-order valence-corrected chi connectivity index (χ2v) is 12.2. The van der Waals surface area contributed by atoms with Gasteiger partial charge in [0.2, 0.25) is 0 Å². The third-order valence-corrected chi connectivity index (χ3v) is 9.99. The van der Waals surface area contributed by atoms with E-state index in [1.165, 1.54) is 24.3 Å². The highest BCUT2D eigenvalue weighted by atomic mass is 31.2. The smallest absolute Gasteiger partial charge is 0.305 e. The van der Waals surface area contributed by atoms with Crippen molar-refractivity contribution < 1.29 is 36.0 Å². The fourth-order valence-electron chi connectivity index (χ4n) is 3.68. The van der Waals surface area contributed by atoms with E-state index in [0.29, 0.717) is 22.3 Å². The minimum absolute atomic E-state index is 0.0463. The summed E-state index contributed by atoms with van der Waals surface area (Å²) in [4.78, 5) is 0. The zero-order valence-corrected chi connectivity index (χ0v) is 24.0. The van der Waals surface area contributed by atoms with Crippen LogP contribution < -0.4 is 10.6 Å². The molecule has 0 aliphatic rings. The fourth-order valence-corrected chi connectivity index (χ4v) is 7.36. The molecule has 2 aromatic rings. The first kappa shape index (κ1) is 30.6. The molecule has 0 N–H and O–H groups in total. The van der Waals surface area contributed by atoms with Crippen LogP contribution >= 0.6 is 15.2 Å². The van der Waals surface area contributed by atoms with Crippen molar-refractivity contribution in [3.8, 4) is 0 Å². The number of hydrogen-bond donors (Lipinski definition) is 0. The molecule has 0 spiro atoms. The molecule has 0 amide bonds. The molecule has 0 bridgehead atoms. The summed E-state index contributed by atoms with van der Waals surface area (Å²) in [6.45, 7) is 13.7. The van der Waals surface area contributed by atoms with Crippen molar-refractivity contribution in [1.82, 2.24) is 0 Å². The lowest BCUT2D eigenvalue weighted by Gasteiger charge is -2.22. The Labute approximate surface area is 213 Å². The van der Waals surface area contributed by atoms with E-state index in [-0.39, 0.29) is 48.2 Å². The van der Waals surface area contributed by atoms with Gasteiger partial charge in [-0.25, -0.2) is 8.78 Å². The molecule has 2 aromatic carbocycles. The molecule has 36 heavy (non-hydrogen) atoms. The molecule has 0 saturated carbocycles. The topological polar surface area (TPSA) is 71.1 Å². The number of benzene rings is 2. The van der Waals surface area contributed by atoms with Gasteiger partial charge in [-0.05, 0) is 102 Å². The van der Waals surface area contributed by atoms with Gasteiger partial charge in [-0.15, -0.1) is 0 Å². The van der Waals surface area contributed by atoms with Gasteiger partial charge in [0.05, 0.1) is 37.0 Å². The maximum atomic E-state index is 16.1. The van der Waals surface area contributed by atoms with Gasteiger partial charge < -0.3 is 18.1 Å². The van der Waals surface area contributed by atoms with Crippen molar-refractivity contribution in [2.45, 2.75) is 55.4 Å². The van der Waals surface area contributed by atoms with Crippen molar-refractivity contribution in [2.75, 3.05) is 26.4 Å². The van der Waals surface area contributed by atoms with Crippen molar-refractivity contribution in [3.05, 3.63) is 57.6 Å². The number of halogens is 2. The maximum absolute atomic E-state index is 16.1. The van der Waals surface area contributed by atoms with E-state index < -0.39 is 26.8 Å². The normalized spacial score (nSPS) is 13.2. The number of aryl methyl sites for hydroxylation is 4. The highest BCUT2D eigenvalue weighted by Crippen LogP contribution is 2.51. The van der Waals surface area contributed by atoms with Crippen LogP contribution in [0.3, 0.4) is 0 Å². The van der Waals surface area contributed by atoms with Crippen LogP contribution in [0.15, 0.2) is 24.3 Å². The zero-order valence-electron chi connectivity index (χ0n) is 22.2. The molecule has 200 valence electrons. The molecule has 0 aliphatic heterocycles. The first-order valence-corrected chi connectivity index (χ1v) is 15.0. The van der Waals surface area contributed by atoms with Gasteiger partial charge in [0, 0.05) is 11.1 Å². The average Bonchev–Trinajstić information content (AvgIpc) is 2.81. The Morgan fingerprint density at radius 2 is 0.833 bits per heavy atom. The molecule has 2 rings (SSSR count). The van der Waals surface area contributed by atoms with E-state index in [9.17, 15) is 9.13 Å². The summed E-state index contributed by atoms with van der Waals surface area (Å²) in [6.07, 6.45) is 0. The molecule has 0 saturated heterocycles. The largest absolute Gasteiger partial charge is 0.362 e. The summed E-state index contributed by atoms with van der Waals surface area (Å²) in [6, 6.07) is 5.82. The summed E-state index contributed by atoms with van der Waals surface area (Å²) in [5, 5.41) is -0.157. The Morgan fingerprint density at radius 1 is 0.583 bits per heavy atom. The quantitative estimate of drug-likeness (QED) is 0.204. The zero-order chi connectivity index (χ0) is 27.3. The van der Waals surface area contributed by atoms with Gasteiger partial charge in [-0.3, -0.25) is 9.13 Å². The van der Waals surface area contributed by atoms with E-state index in [4.69, 9.17) is 18.1 Å². The van der Waals surface area contributed by atoms with Crippen LogP contribution in [0.2, 0.25) is 0 Å². The molecule has 0 unspecified atom stereocenters. The molecular weight excluding hydrogens is 508 g/mol. The van der Waals surface area contributed by atoms with E-state index in [0.717, 1.165) is 0 Å². The van der Waals surface area contributed by atoms with E-state index in [2.05, 4.69) is 0 Å². The van der Waals surface area contributed by atoms with Crippen LogP contribution in [0.4, 0.5) is 8.78 Å². The van der Waals surface area contributed by atoms with E-state index >= 15 is 8.78 Å². The average molecular weight is 545 g/mol. The van der Waals surface area contributed by atoms with Gasteiger partial charge in [0.15, 0.2) is 11.7 Å². The predicted octanol–water partition coefficient (Wildman–Crippen LogP) is 7.47. The SMILES string of the molecule is CCOP(=O)(OCC)c1cc(C)c(C)cc1/C(F)=C(\F)c1cc(C)c(C)cc1P(=O)(OCC)OCC. The molecule has 10 heteroatoms. The molecule has 0 atom stereocenters. The molecule has 0 aromatic heterocycles. The second-order valence-electron chi connectivity index (χ2n) is 8.20. The van der Waals surface area contributed by atoms with Gasteiger partial charge in [0.25, 0.3) is 0 Å². The Kier molecular flexibility index (Phi) is 10.8. The lowest BCUT2D eigenvalue weighted by molar-refractivity contribution is 0.229. The summed E-state index contributed by atoms with van der Waals surface area (Å²) in [5.41, 5.74) is 2.23. The summed E-state index contributed by atoms with van der Waals surface area (Å²) >= 11 is 0. The van der Waals surface area contributed by atoms with Gasteiger partial charge >= 0.3 is 15.2 Å². The molecule has 0 fully saturated rings. The highest BCUT2D eigenvalue weighted by molar-refractivity contribution is 7.62. The standard InChI is InChI=1S/C26H36F2O6P2/c1-9-31-35(29,32-10-2)23-15-19(7)17(5)13-21(23)25(27)26(28)22-14-18(6)20(8)16-24(22)36(30,33-11-3)34-12-4/h13-16H,9-12H2,1-8H3/b26-25+. The van der Waals surface area contributed by atoms with Crippen LogP contribution in [-0.4, -0.2) is 26.4 Å². The number of hydrogen-bond acceptors (Lipinski definition) is 6. The summed E-state index contributed by atoms with van der Waals surface area (Å²) in [7, 11) is -7.94. The lowest BCUT2D eigenvalue weighted by atomic mass is 10.0. The third kappa shape index (κ3) is 6.42. The van der Waals surface area contributed by atoms with Gasteiger partial charge in [-0.2, -0.15) is 0 Å². The molecular formula is C26H36F2O6P2. The Hall–Kier alpha value is -1.66. The Morgan fingerprint density at radius 3 is 1.08 bits per heavy atom. The highest BCUT2D eigenvalue weighted by Gasteiger charge is 2.35. The summed E-state index contributed by atoms with van der Waals surface area (Å²) in [5.74, 6) is -2.56. The third-order valence-electron chi connectivity index (χ3n) is 5.68. The Balaban J connectivity index is 2.93. The van der Waals surface area contributed by atoms with Crippen LogP contribution in [0.5, 0.6) is 0 Å². The molecule has 6 nitrogen and oxygen atoms in total. The first-order valence-electron chi connectivity index (χ1n) is 12.0. The minimum Gasteiger partial charge on any atom is -0.305 e. The van der Waals surface area contributed by atoms with Crippen molar-refractivity contribution >= 4 is 37.5 Å². The second kappa shape index (κ2) is 12.7. The lowest BCUT2D eigenvalue weighted by Crippen LogP contribution is -2.18. The maximum Gasteiger partial charge on any atom is 0.362 e. The van der Waals surface area contributed by atoms with Crippen molar-refractivity contribution in [3.63, 3.8) is 0 Å². The van der Waals surface area contributed by atoms with E-state index in [1.807, 2.05) is 0 Å². The monoisotopic (exact) mass is 544 g/mol. The molecule has 0 heterocycles. The van der Waals surface area contributed by atoms with Gasteiger partial charge in [-0.1, -0.05) is 0 Å². The minimum atomic E-state index is -3.97. The molecule has 0 aliphatic carbocycles. The first-order chi connectivity index (χ1) is 16.9. The van der Waals surface area contributed by atoms with Crippen LogP contribution in [0.1, 0.15) is 61.1 Å². The van der Waals surface area contributed by atoms with Crippen LogP contribution in [0.25, 0.3) is 11.7 Å². The van der Waals surface area contributed by atoms with Crippen molar-refractivity contribution in [2.24, 2.45) is 0 Å². The predicted molar refractivity (Wildman–Crippen MR) is 142 cm³/mol. The van der Waals surface area contributed by atoms with Crippen LogP contribution in [0, 0.1) is 27.7 Å². The van der Waals surface area contributed by atoms with Crippen molar-refractivity contribution in [1.29, 1.82) is 0 Å².